The lowest BCUT2D eigenvalue weighted by Crippen LogP contribution is -2.46. The van der Waals surface area contributed by atoms with E-state index in [2.05, 4.69) is 10.0 Å². The quantitative estimate of drug-likeness (QED) is 0.812. The van der Waals surface area contributed by atoms with Crippen LogP contribution in [0.2, 0.25) is 0 Å². The molecule has 0 radical (unpaired) electrons. The van der Waals surface area contributed by atoms with Crippen molar-refractivity contribution in [2.75, 3.05) is 31.9 Å². The second-order valence-electron chi connectivity index (χ2n) is 4.96. The fraction of sp³-hybridized carbons (Fsp3) is 0.500. The molecule has 0 aliphatic carbocycles. The number of hydrogen-bond acceptors (Lipinski definition) is 4. The number of nitrogens with zero attached hydrogens (tertiary/aromatic N) is 1. The summed E-state index contributed by atoms with van der Waals surface area (Å²) in [6, 6.07) is 7.07. The number of sulfonamides is 1. The maximum atomic E-state index is 12.3. The molecule has 0 unspecified atom stereocenters. The van der Waals surface area contributed by atoms with Gasteiger partial charge in [-0.3, -0.25) is 4.79 Å². The van der Waals surface area contributed by atoms with E-state index in [1.54, 1.807) is 31.2 Å². The van der Waals surface area contributed by atoms with Crippen LogP contribution in [0.3, 0.4) is 0 Å². The van der Waals surface area contributed by atoms with Crippen molar-refractivity contribution in [3.8, 4) is 0 Å². The molecule has 0 saturated carbocycles. The van der Waals surface area contributed by atoms with Gasteiger partial charge in [-0.2, -0.15) is 0 Å². The van der Waals surface area contributed by atoms with E-state index in [4.69, 9.17) is 0 Å². The molecule has 0 aromatic heterocycles. The number of rotatable bonds is 5. The number of nitrogens with one attached hydrogen (secondary N) is 2. The van der Waals surface area contributed by atoms with Crippen LogP contribution in [0, 0.1) is 0 Å². The van der Waals surface area contributed by atoms with Crippen molar-refractivity contribution in [1.82, 2.24) is 14.9 Å². The highest BCUT2D eigenvalue weighted by atomic mass is 32.2. The van der Waals surface area contributed by atoms with E-state index in [1.165, 1.54) is 0 Å². The van der Waals surface area contributed by atoms with Crippen LogP contribution in [0.25, 0.3) is 0 Å². The average molecular weight is 311 g/mol. The Kier molecular flexibility index (Phi) is 5.33. The number of carbonyl (C=O) groups is 1. The van der Waals surface area contributed by atoms with E-state index >= 15 is 0 Å². The summed E-state index contributed by atoms with van der Waals surface area (Å²) >= 11 is 0. The first-order valence-electron chi connectivity index (χ1n) is 7.08. The zero-order chi connectivity index (χ0) is 15.3. The third kappa shape index (κ3) is 4.52. The monoisotopic (exact) mass is 311 g/mol. The molecule has 116 valence electrons. The molecule has 7 heteroatoms. The maximum Gasteiger partial charge on any atom is 0.253 e. The summed E-state index contributed by atoms with van der Waals surface area (Å²) in [6.45, 7) is 4.93. The molecule has 1 fully saturated rings. The number of amides is 1. The van der Waals surface area contributed by atoms with Crippen molar-refractivity contribution in [1.29, 1.82) is 0 Å². The molecule has 1 saturated heterocycles. The summed E-state index contributed by atoms with van der Waals surface area (Å²) < 4.78 is 25.3. The lowest BCUT2D eigenvalue weighted by Gasteiger charge is -2.27. The standard InChI is InChI=1S/C14H21N3O3S/c1-2-21(19,20)16-11-12-3-5-13(6-4-12)14(18)17-9-7-15-8-10-17/h3-6,15-16H,2,7-11H2,1H3. The van der Waals surface area contributed by atoms with E-state index in [9.17, 15) is 13.2 Å². The fourth-order valence-corrected chi connectivity index (χ4v) is 2.70. The van der Waals surface area contributed by atoms with Gasteiger partial charge in [-0.15, -0.1) is 0 Å². The summed E-state index contributed by atoms with van der Waals surface area (Å²) in [5, 5.41) is 3.21. The molecule has 1 amide bonds. The topological polar surface area (TPSA) is 78.5 Å². The highest BCUT2D eigenvalue weighted by molar-refractivity contribution is 7.89. The molecule has 2 rings (SSSR count). The highest BCUT2D eigenvalue weighted by Crippen LogP contribution is 2.09. The van der Waals surface area contributed by atoms with Crippen molar-refractivity contribution in [3.05, 3.63) is 35.4 Å². The molecule has 1 aromatic carbocycles. The summed E-state index contributed by atoms with van der Waals surface area (Å²) in [7, 11) is -3.19. The van der Waals surface area contributed by atoms with Crippen molar-refractivity contribution < 1.29 is 13.2 Å². The Balaban J connectivity index is 1.96. The molecule has 0 spiro atoms. The minimum atomic E-state index is -3.19. The van der Waals surface area contributed by atoms with Crippen molar-refractivity contribution in [3.63, 3.8) is 0 Å². The van der Waals surface area contributed by atoms with Crippen LogP contribution in [0.5, 0.6) is 0 Å². The molecule has 1 aliphatic rings. The molecular weight excluding hydrogens is 290 g/mol. The van der Waals surface area contributed by atoms with Crippen LogP contribution in [-0.2, 0) is 16.6 Å². The van der Waals surface area contributed by atoms with Crippen molar-refractivity contribution >= 4 is 15.9 Å². The van der Waals surface area contributed by atoms with Gasteiger partial charge in [0.1, 0.15) is 0 Å². The minimum Gasteiger partial charge on any atom is -0.336 e. The van der Waals surface area contributed by atoms with E-state index in [0.717, 1.165) is 31.7 Å². The molecule has 0 bridgehead atoms. The van der Waals surface area contributed by atoms with Crippen LogP contribution >= 0.6 is 0 Å². The Bertz CT molecular complexity index is 578. The molecule has 1 heterocycles. The molecule has 2 N–H and O–H groups in total. The first-order valence-corrected chi connectivity index (χ1v) is 8.73. The molecule has 1 aliphatic heterocycles. The lowest BCUT2D eigenvalue weighted by atomic mass is 10.1. The van der Waals surface area contributed by atoms with Crippen LogP contribution in [0.1, 0.15) is 22.8 Å². The summed E-state index contributed by atoms with van der Waals surface area (Å²) in [4.78, 5) is 14.1. The van der Waals surface area contributed by atoms with E-state index in [-0.39, 0.29) is 18.2 Å². The Morgan fingerprint density at radius 2 is 1.86 bits per heavy atom. The SMILES string of the molecule is CCS(=O)(=O)NCc1ccc(C(=O)N2CCNCC2)cc1. The maximum absolute atomic E-state index is 12.3. The van der Waals surface area contributed by atoms with Crippen molar-refractivity contribution in [2.24, 2.45) is 0 Å². The summed E-state index contributed by atoms with van der Waals surface area (Å²) in [5.41, 5.74) is 1.47. The zero-order valence-electron chi connectivity index (χ0n) is 12.1. The first kappa shape index (κ1) is 15.9. The average Bonchev–Trinajstić information content (AvgIpc) is 2.54. The number of carbonyl (C=O) groups excluding carboxylic acids is 1. The smallest absolute Gasteiger partial charge is 0.253 e. The zero-order valence-corrected chi connectivity index (χ0v) is 12.9. The van der Waals surface area contributed by atoms with Gasteiger partial charge in [-0.1, -0.05) is 12.1 Å². The first-order chi connectivity index (χ1) is 10.0. The number of hydrogen-bond donors (Lipinski definition) is 2. The lowest BCUT2D eigenvalue weighted by molar-refractivity contribution is 0.0736. The van der Waals surface area contributed by atoms with Gasteiger partial charge in [0, 0.05) is 38.3 Å². The van der Waals surface area contributed by atoms with E-state index in [0.29, 0.717) is 5.56 Å². The number of benzene rings is 1. The summed E-state index contributed by atoms with van der Waals surface area (Å²) in [5.74, 6) is 0.0872. The molecule has 21 heavy (non-hydrogen) atoms. The molecular formula is C14H21N3O3S. The summed E-state index contributed by atoms with van der Waals surface area (Å²) in [6.07, 6.45) is 0. The Morgan fingerprint density at radius 3 is 2.43 bits per heavy atom. The van der Waals surface area contributed by atoms with Gasteiger partial charge in [0.05, 0.1) is 5.75 Å². The van der Waals surface area contributed by atoms with E-state index < -0.39 is 10.0 Å². The predicted octanol–water partition coefficient (Wildman–Crippen LogP) is 0.171. The van der Waals surface area contributed by atoms with Gasteiger partial charge in [0.2, 0.25) is 10.0 Å². The van der Waals surface area contributed by atoms with Crippen LogP contribution < -0.4 is 10.0 Å². The van der Waals surface area contributed by atoms with Gasteiger partial charge < -0.3 is 10.2 Å². The fourth-order valence-electron chi connectivity index (χ4n) is 2.11. The Morgan fingerprint density at radius 1 is 1.24 bits per heavy atom. The Hall–Kier alpha value is -1.44. The van der Waals surface area contributed by atoms with Gasteiger partial charge >= 0.3 is 0 Å². The second kappa shape index (κ2) is 7.02. The van der Waals surface area contributed by atoms with Crippen LogP contribution in [0.15, 0.2) is 24.3 Å². The molecule has 1 aromatic rings. The molecule has 0 atom stereocenters. The van der Waals surface area contributed by atoms with Gasteiger partial charge in [-0.05, 0) is 24.6 Å². The van der Waals surface area contributed by atoms with Crippen molar-refractivity contribution in [2.45, 2.75) is 13.5 Å². The number of piperazine rings is 1. The highest BCUT2D eigenvalue weighted by Gasteiger charge is 2.17. The van der Waals surface area contributed by atoms with Gasteiger partial charge in [0.15, 0.2) is 0 Å². The third-order valence-electron chi connectivity index (χ3n) is 3.48. The van der Waals surface area contributed by atoms with Crippen LogP contribution in [0.4, 0.5) is 0 Å². The normalized spacial score (nSPS) is 16.0. The van der Waals surface area contributed by atoms with Gasteiger partial charge in [0.25, 0.3) is 5.91 Å². The predicted molar refractivity (Wildman–Crippen MR) is 81.5 cm³/mol. The largest absolute Gasteiger partial charge is 0.336 e. The Labute approximate surface area is 125 Å². The third-order valence-corrected chi connectivity index (χ3v) is 4.83. The second-order valence-corrected chi connectivity index (χ2v) is 7.06. The van der Waals surface area contributed by atoms with Crippen LogP contribution in [-0.4, -0.2) is 51.2 Å². The van der Waals surface area contributed by atoms with E-state index in [1.807, 2.05) is 4.90 Å². The van der Waals surface area contributed by atoms with Gasteiger partial charge in [-0.25, -0.2) is 13.1 Å². The minimum absolute atomic E-state index is 0.0252. The molecule has 6 nitrogen and oxygen atoms in total.